The number of aromatic nitrogens is 1. The van der Waals surface area contributed by atoms with E-state index in [0.29, 0.717) is 5.56 Å². The number of rotatable bonds is 4. The van der Waals surface area contributed by atoms with Gasteiger partial charge in [0.1, 0.15) is 0 Å². The molecule has 7 heteroatoms. The molecule has 124 valence electrons. The maximum atomic E-state index is 11.9. The minimum absolute atomic E-state index is 0.00852. The van der Waals surface area contributed by atoms with E-state index in [4.69, 9.17) is 10.6 Å². The molecule has 0 radical (unpaired) electrons. The molecular weight excluding hydrogens is 298 g/mol. The minimum atomic E-state index is -0.495. The molecule has 1 aromatic heterocycles. The standard InChI is InChI=1S/C14H15N3O4.C2H6/c1-3-21-14(18)13-9(2)12(8-16(13)15)10-4-6-11(7-5-10)17(19)20;1-2/h4-8H,3,15H2,1-2H3;1-2H3. The van der Waals surface area contributed by atoms with Gasteiger partial charge in [0.2, 0.25) is 0 Å². The number of nitro groups is 1. The summed E-state index contributed by atoms with van der Waals surface area (Å²) in [5.74, 6) is 5.30. The maximum absolute atomic E-state index is 11.9. The van der Waals surface area contributed by atoms with Crippen LogP contribution in [0.3, 0.4) is 0 Å². The van der Waals surface area contributed by atoms with Gasteiger partial charge in [0.25, 0.3) is 5.69 Å². The van der Waals surface area contributed by atoms with Crippen molar-refractivity contribution in [1.29, 1.82) is 0 Å². The number of carbonyl (C=O) groups is 1. The molecule has 0 saturated carbocycles. The average Bonchev–Trinajstić information content (AvgIpc) is 2.84. The Morgan fingerprint density at radius 2 is 1.87 bits per heavy atom. The number of esters is 1. The minimum Gasteiger partial charge on any atom is -0.461 e. The van der Waals surface area contributed by atoms with Crippen LogP contribution in [0.4, 0.5) is 5.69 Å². The number of non-ortho nitro benzene ring substituents is 1. The first-order valence-corrected chi connectivity index (χ1v) is 7.34. The Morgan fingerprint density at radius 1 is 1.30 bits per heavy atom. The summed E-state index contributed by atoms with van der Waals surface area (Å²) in [6, 6.07) is 6.06. The Labute approximate surface area is 134 Å². The van der Waals surface area contributed by atoms with Crippen molar-refractivity contribution in [1.82, 2.24) is 4.68 Å². The molecule has 0 spiro atoms. The van der Waals surface area contributed by atoms with E-state index in [1.54, 1.807) is 32.2 Å². The summed E-state index contributed by atoms with van der Waals surface area (Å²) in [6.45, 7) is 7.73. The molecule has 1 heterocycles. The van der Waals surface area contributed by atoms with E-state index in [1.165, 1.54) is 16.8 Å². The molecule has 0 aliphatic rings. The van der Waals surface area contributed by atoms with E-state index in [-0.39, 0.29) is 18.0 Å². The Morgan fingerprint density at radius 3 is 2.35 bits per heavy atom. The topological polar surface area (TPSA) is 100 Å². The highest BCUT2D eigenvalue weighted by atomic mass is 16.6. The van der Waals surface area contributed by atoms with Crippen molar-refractivity contribution >= 4 is 11.7 Å². The van der Waals surface area contributed by atoms with Gasteiger partial charge in [-0.05, 0) is 37.1 Å². The van der Waals surface area contributed by atoms with Gasteiger partial charge in [0.15, 0.2) is 5.69 Å². The molecule has 1 aromatic carbocycles. The van der Waals surface area contributed by atoms with Crippen molar-refractivity contribution in [2.24, 2.45) is 0 Å². The molecule has 0 fully saturated rings. The molecule has 0 aliphatic carbocycles. The second kappa shape index (κ2) is 7.98. The third-order valence-electron chi connectivity index (χ3n) is 3.14. The zero-order chi connectivity index (χ0) is 17.6. The predicted octanol–water partition coefficient (Wildman–Crippen LogP) is 3.29. The van der Waals surface area contributed by atoms with Gasteiger partial charge in [-0.1, -0.05) is 13.8 Å². The lowest BCUT2D eigenvalue weighted by Gasteiger charge is -2.04. The van der Waals surface area contributed by atoms with Crippen LogP contribution < -0.4 is 5.84 Å². The zero-order valence-electron chi connectivity index (χ0n) is 13.7. The van der Waals surface area contributed by atoms with E-state index in [0.717, 1.165) is 11.1 Å². The lowest BCUT2D eigenvalue weighted by atomic mass is 10.0. The summed E-state index contributed by atoms with van der Waals surface area (Å²) in [5.41, 5.74) is 2.42. The van der Waals surface area contributed by atoms with Crippen LogP contribution in [0, 0.1) is 17.0 Å². The fourth-order valence-electron chi connectivity index (χ4n) is 2.13. The van der Waals surface area contributed by atoms with Crippen molar-refractivity contribution in [2.45, 2.75) is 27.7 Å². The largest absolute Gasteiger partial charge is 0.461 e. The second-order valence-electron chi connectivity index (χ2n) is 4.45. The number of nitrogens with zero attached hydrogens (tertiary/aromatic N) is 2. The van der Waals surface area contributed by atoms with Crippen LogP contribution in [0.25, 0.3) is 11.1 Å². The molecule has 0 atom stereocenters. The molecule has 2 aromatic rings. The van der Waals surface area contributed by atoms with E-state index in [2.05, 4.69) is 0 Å². The molecule has 23 heavy (non-hydrogen) atoms. The Balaban J connectivity index is 0.00000127. The molecule has 0 amide bonds. The number of hydrogen-bond donors (Lipinski definition) is 1. The summed E-state index contributed by atoms with van der Waals surface area (Å²) < 4.78 is 6.17. The van der Waals surface area contributed by atoms with Gasteiger partial charge < -0.3 is 10.6 Å². The zero-order valence-corrected chi connectivity index (χ0v) is 13.7. The van der Waals surface area contributed by atoms with Crippen LogP contribution >= 0.6 is 0 Å². The molecule has 2 N–H and O–H groups in total. The number of nitro benzene ring substituents is 1. The van der Waals surface area contributed by atoms with E-state index >= 15 is 0 Å². The molecular formula is C16H21N3O4. The summed E-state index contributed by atoms with van der Waals surface area (Å²) in [7, 11) is 0. The molecule has 0 aliphatic heterocycles. The summed E-state index contributed by atoms with van der Waals surface area (Å²) in [6.07, 6.45) is 1.60. The second-order valence-corrected chi connectivity index (χ2v) is 4.45. The van der Waals surface area contributed by atoms with Gasteiger partial charge in [-0.3, -0.25) is 14.8 Å². The fraction of sp³-hybridized carbons (Fsp3) is 0.312. The Bertz CT molecular complexity index is 690. The first kappa shape index (κ1) is 18.2. The Kier molecular flexibility index (Phi) is 6.32. The van der Waals surface area contributed by atoms with Crippen LogP contribution in [0.2, 0.25) is 0 Å². The lowest BCUT2D eigenvalue weighted by molar-refractivity contribution is -0.384. The number of nitrogens with two attached hydrogens (primary N) is 1. The highest BCUT2D eigenvalue weighted by Gasteiger charge is 2.20. The number of carbonyl (C=O) groups excluding carboxylic acids is 1. The lowest BCUT2D eigenvalue weighted by Crippen LogP contribution is -2.18. The van der Waals surface area contributed by atoms with Crippen molar-refractivity contribution in [3.8, 4) is 11.1 Å². The van der Waals surface area contributed by atoms with Crippen molar-refractivity contribution in [2.75, 3.05) is 12.4 Å². The summed E-state index contributed by atoms with van der Waals surface area (Å²) in [5, 5.41) is 10.7. The molecule has 0 bridgehead atoms. The van der Waals surface area contributed by atoms with Crippen molar-refractivity contribution < 1.29 is 14.5 Å². The normalized spacial score (nSPS) is 9.74. The number of hydrogen-bond acceptors (Lipinski definition) is 5. The van der Waals surface area contributed by atoms with Crippen LogP contribution in [-0.2, 0) is 4.74 Å². The monoisotopic (exact) mass is 319 g/mol. The first-order valence-electron chi connectivity index (χ1n) is 7.34. The highest BCUT2D eigenvalue weighted by molar-refractivity contribution is 5.92. The molecule has 7 nitrogen and oxygen atoms in total. The predicted molar refractivity (Wildman–Crippen MR) is 88.7 cm³/mol. The van der Waals surface area contributed by atoms with Gasteiger partial charge in [-0.15, -0.1) is 0 Å². The van der Waals surface area contributed by atoms with Gasteiger partial charge >= 0.3 is 5.97 Å². The van der Waals surface area contributed by atoms with Crippen LogP contribution in [0.15, 0.2) is 30.5 Å². The summed E-state index contributed by atoms with van der Waals surface area (Å²) in [4.78, 5) is 22.1. The first-order chi connectivity index (χ1) is 11.0. The van der Waals surface area contributed by atoms with E-state index in [9.17, 15) is 14.9 Å². The van der Waals surface area contributed by atoms with E-state index in [1.807, 2.05) is 13.8 Å². The molecule has 0 saturated heterocycles. The number of nitrogen functional groups attached to an aromatic ring is 1. The quantitative estimate of drug-likeness (QED) is 0.403. The molecule has 2 rings (SSSR count). The third-order valence-corrected chi connectivity index (χ3v) is 3.14. The number of ether oxygens (including phenoxy) is 1. The fourth-order valence-corrected chi connectivity index (χ4v) is 2.13. The van der Waals surface area contributed by atoms with Crippen molar-refractivity contribution in [3.63, 3.8) is 0 Å². The maximum Gasteiger partial charge on any atom is 0.357 e. The molecule has 0 unspecified atom stereocenters. The summed E-state index contributed by atoms with van der Waals surface area (Å²) >= 11 is 0. The van der Waals surface area contributed by atoms with Gasteiger partial charge in [-0.2, -0.15) is 0 Å². The third kappa shape index (κ3) is 3.88. The van der Waals surface area contributed by atoms with Crippen molar-refractivity contribution in [3.05, 3.63) is 51.8 Å². The van der Waals surface area contributed by atoms with Gasteiger partial charge in [0, 0.05) is 23.9 Å². The van der Waals surface area contributed by atoms with Gasteiger partial charge in [-0.25, -0.2) is 4.79 Å². The van der Waals surface area contributed by atoms with Crippen LogP contribution in [0.1, 0.15) is 36.8 Å². The van der Waals surface area contributed by atoms with Crippen LogP contribution in [0.5, 0.6) is 0 Å². The van der Waals surface area contributed by atoms with Gasteiger partial charge in [0.05, 0.1) is 11.5 Å². The Hall–Kier alpha value is -2.83. The smallest absolute Gasteiger partial charge is 0.357 e. The highest BCUT2D eigenvalue weighted by Crippen LogP contribution is 2.28. The SMILES string of the molecule is CC.CCOC(=O)c1c(C)c(-c2ccc([N+](=O)[O-])cc2)cn1N. The van der Waals surface area contributed by atoms with E-state index < -0.39 is 10.9 Å². The average molecular weight is 319 g/mol. The number of benzene rings is 1. The van der Waals surface area contributed by atoms with Crippen LogP contribution in [-0.4, -0.2) is 22.2 Å².